The summed E-state index contributed by atoms with van der Waals surface area (Å²) in [6.07, 6.45) is 16.5. The third kappa shape index (κ3) is 29.2. The minimum absolute atomic E-state index is 0.00448. The summed E-state index contributed by atoms with van der Waals surface area (Å²) < 4.78 is 13.2. The van der Waals surface area contributed by atoms with Crippen molar-refractivity contribution in [1.82, 2.24) is 72.1 Å². The summed E-state index contributed by atoms with van der Waals surface area (Å²) in [7, 11) is 0. The monoisotopic (exact) mass is 1590 g/mol. The molecule has 5 heterocycles. The van der Waals surface area contributed by atoms with Crippen LogP contribution in [0.1, 0.15) is 144 Å². The van der Waals surface area contributed by atoms with Crippen molar-refractivity contribution in [2.75, 3.05) is 17.6 Å². The number of allylic oxidation sites excluding steroid dienone is 7. The fourth-order valence-corrected chi connectivity index (χ4v) is 12.2. The lowest BCUT2D eigenvalue weighted by atomic mass is 9.87. The number of hydrogen-bond donors (Lipinski definition) is 16. The Bertz CT molecular complexity index is 4540. The Labute approximate surface area is 658 Å². The largest absolute Gasteiger partial charge is 0.492 e. The highest BCUT2D eigenvalue weighted by Crippen LogP contribution is 2.29. The lowest BCUT2D eigenvalue weighted by Crippen LogP contribution is -2.58. The first-order valence-corrected chi connectivity index (χ1v) is 36.8. The number of ether oxygens (including phenoxy) is 2. The van der Waals surface area contributed by atoms with Crippen molar-refractivity contribution in [3.05, 3.63) is 155 Å². The molecule has 0 aliphatic carbocycles. The number of nitrogen functional groups attached to an aromatic ring is 1. The first kappa shape index (κ1) is 89.1. The molecular formula is C77H94N16O22. The summed E-state index contributed by atoms with van der Waals surface area (Å²) in [4.78, 5) is 182. The second kappa shape index (κ2) is 43.6. The number of aryl methyl sites for hydroxylation is 1. The molecular weight excluding hydrogens is 1500 g/mol. The molecule has 38 nitrogen and oxygen atoms in total. The van der Waals surface area contributed by atoms with Gasteiger partial charge < -0.3 is 93.5 Å². The Morgan fingerprint density at radius 1 is 0.704 bits per heavy atom. The van der Waals surface area contributed by atoms with Crippen LogP contribution in [0.3, 0.4) is 0 Å². The number of esters is 1. The quantitative estimate of drug-likeness (QED) is 0.0115. The number of nitrogens with one attached hydrogen (secondary N) is 8. The number of carboxylic acid groups (broad SMARTS) is 5. The number of carbonyl (C=O) groups is 13. The van der Waals surface area contributed by atoms with E-state index in [4.69, 9.17) is 15.2 Å². The average Bonchev–Trinajstić information content (AvgIpc) is 0.987. The van der Waals surface area contributed by atoms with Crippen molar-refractivity contribution in [3.63, 3.8) is 0 Å². The Kier molecular flexibility index (Phi) is 33.8. The van der Waals surface area contributed by atoms with Gasteiger partial charge in [-0.1, -0.05) is 78.8 Å². The van der Waals surface area contributed by atoms with Crippen LogP contribution < -0.4 is 48.3 Å². The third-order valence-corrected chi connectivity index (χ3v) is 18.2. The molecule has 3 aromatic heterocycles. The SMILES string of the molecule is C/C=C/[C@@H]1O[C@H]([C@@H](/C=C/C=C(\C)C[C@@H](C)/C=C(C)\C=C\[C@H]2CC=CC(=O)O2)NC(=O)CCc2cn(-c3ccc(C(=O)NCCCC[C@H](NC(=O)[C@H](CC(=O)O)NC(=O)[C@H](CC(=O)O)NC(=O)[C@@H](CC(=O)O)NC(=O)CC[C@H](NC(=O)c4ccc(NCc5cnc6nc(N)nc(O)c6n5)cc4)C(=O)O)C(=O)O)cc3)nn2)C[C@@H](O)[C@@H]1C. The van der Waals surface area contributed by atoms with Crippen LogP contribution in [0, 0.1) is 11.8 Å². The zero-order chi connectivity index (χ0) is 84.0. The molecule has 7 rings (SSSR count). The molecule has 0 radical (unpaired) electrons. The lowest BCUT2D eigenvalue weighted by Gasteiger charge is -2.39. The van der Waals surface area contributed by atoms with Crippen molar-refractivity contribution in [3.8, 4) is 11.6 Å². The first-order chi connectivity index (χ1) is 54.7. The topological polar surface area (TPSA) is 587 Å². The van der Waals surface area contributed by atoms with E-state index in [1.54, 1.807) is 24.4 Å². The van der Waals surface area contributed by atoms with E-state index < -0.39 is 152 Å². The zero-order valence-electron chi connectivity index (χ0n) is 63.5. The number of aromatic hydroxyl groups is 1. The van der Waals surface area contributed by atoms with E-state index in [9.17, 15) is 98.1 Å². The number of nitrogens with zero attached hydrogens (tertiary/aromatic N) is 7. The number of anilines is 2. The molecule has 17 N–H and O–H groups in total. The Morgan fingerprint density at radius 3 is 1.94 bits per heavy atom. The molecule has 7 amide bonds. The minimum atomic E-state index is -2.20. The van der Waals surface area contributed by atoms with Gasteiger partial charge in [-0.3, -0.25) is 47.9 Å². The zero-order valence-corrected chi connectivity index (χ0v) is 63.5. The van der Waals surface area contributed by atoms with Crippen molar-refractivity contribution in [2.24, 2.45) is 11.8 Å². The number of hydrogen-bond acceptors (Lipinski definition) is 25. The number of nitrogens with two attached hydrogens (primary N) is 1. The summed E-state index contributed by atoms with van der Waals surface area (Å²) in [5, 5.41) is 97.8. The second-order valence-corrected chi connectivity index (χ2v) is 27.5. The number of carboxylic acids is 5. The summed E-state index contributed by atoms with van der Waals surface area (Å²) in [5.41, 5.74) is 9.80. The number of unbranched alkanes of at least 4 members (excludes halogenated alkanes) is 1. The van der Waals surface area contributed by atoms with Gasteiger partial charge >= 0.3 is 35.8 Å². The van der Waals surface area contributed by atoms with Crippen LogP contribution in [0.25, 0.3) is 16.9 Å². The van der Waals surface area contributed by atoms with Gasteiger partial charge in [0.15, 0.2) is 11.2 Å². The van der Waals surface area contributed by atoms with E-state index >= 15 is 0 Å². The van der Waals surface area contributed by atoms with Crippen LogP contribution in [0.5, 0.6) is 5.88 Å². The van der Waals surface area contributed by atoms with Gasteiger partial charge in [-0.2, -0.15) is 9.97 Å². The molecule has 0 unspecified atom stereocenters. The van der Waals surface area contributed by atoms with E-state index in [1.165, 1.54) is 53.4 Å². The van der Waals surface area contributed by atoms with E-state index in [1.807, 2.05) is 80.9 Å². The molecule has 0 saturated carbocycles. The molecule has 0 spiro atoms. The molecule has 2 aromatic carbocycles. The van der Waals surface area contributed by atoms with Gasteiger partial charge in [0.05, 0.1) is 79.6 Å². The molecule has 2 aliphatic rings. The van der Waals surface area contributed by atoms with E-state index in [-0.39, 0.29) is 116 Å². The predicted octanol–water partition coefficient (Wildman–Crippen LogP) is 2.96. The molecule has 115 heavy (non-hydrogen) atoms. The van der Waals surface area contributed by atoms with Crippen molar-refractivity contribution >= 4 is 100.0 Å². The van der Waals surface area contributed by atoms with Gasteiger partial charge in [0, 0.05) is 67.5 Å². The number of fused-ring (bicyclic) bond motifs is 1. The van der Waals surface area contributed by atoms with Gasteiger partial charge in [-0.25, -0.2) is 29.0 Å². The van der Waals surface area contributed by atoms with Crippen LogP contribution in [0.2, 0.25) is 0 Å². The molecule has 12 atom stereocenters. The number of aliphatic hydroxyl groups is 1. The number of aliphatic carboxylic acids is 5. The van der Waals surface area contributed by atoms with Crippen LogP contribution in [0.4, 0.5) is 11.6 Å². The maximum atomic E-state index is 13.7. The second-order valence-electron chi connectivity index (χ2n) is 27.5. The van der Waals surface area contributed by atoms with Crippen LogP contribution in [0.15, 0.2) is 133 Å². The maximum absolute atomic E-state index is 13.7. The average molecular weight is 1600 g/mol. The van der Waals surface area contributed by atoms with Crippen LogP contribution in [-0.2, 0) is 75.2 Å². The molecule has 2 aliphatic heterocycles. The van der Waals surface area contributed by atoms with Crippen LogP contribution in [-0.4, -0.2) is 215 Å². The predicted molar refractivity (Wildman–Crippen MR) is 409 cm³/mol. The van der Waals surface area contributed by atoms with Crippen molar-refractivity contribution in [2.45, 2.75) is 185 Å². The summed E-state index contributed by atoms with van der Waals surface area (Å²) in [6.45, 7) is 10.0. The number of carbonyl (C=O) groups excluding carboxylic acids is 8. The van der Waals surface area contributed by atoms with E-state index in [0.717, 1.165) is 17.6 Å². The van der Waals surface area contributed by atoms with Gasteiger partial charge in [-0.15, -0.1) is 5.10 Å². The standard InChI is InChI=1S/C77H94N16O22/c1-6-11-59-44(5)58(94)37-60(115-59)52(15-9-12-41(2)32-43(4)33-42(3)17-27-51-13-10-16-66(103)114-51)83-61(95)29-24-48-40-93(92-91-48)50-25-20-45(21-26-50)69(104)79-31-8-7-14-53(75(110)111)86-72(107)56(35-64(99)100)88-73(108)57(36-65(101)102)87-71(106)55(34-63(97)98)84-62(96)30-28-54(76(112)113)85-70(105)46-18-22-47(23-19-46)80-38-49-39-81-68-67(82-49)74(109)90-77(78)89-68/h6,9-12,15-23,25-27,33,39-40,43-44,51-60,80,94H,7-8,13-14,24,28-32,34-38H2,1-5H3,(H,79,104)(H,83,95)(H,84,96)(H,85,105)(H,86,107)(H,87,106)(H,88,108)(H,97,98)(H,99,100)(H,101,102)(H,110,111)(H,112,113)(H3,78,81,89,90,109)/b11-6+,15-9+,27-17+,41-12+,42-33-/t43-,44+,51-,52-,53+,54+,55-,56+,57+,58-,59+,60+/m1/s1. The Morgan fingerprint density at radius 2 is 1.31 bits per heavy atom. The summed E-state index contributed by atoms with van der Waals surface area (Å²) >= 11 is 0. The maximum Gasteiger partial charge on any atom is 0.331 e. The number of cyclic esters (lactones) is 1. The Balaban J connectivity index is 0.851. The molecule has 614 valence electrons. The molecule has 38 heteroatoms. The highest BCUT2D eigenvalue weighted by Gasteiger charge is 2.38. The van der Waals surface area contributed by atoms with Crippen LogP contribution >= 0.6 is 0 Å². The smallest absolute Gasteiger partial charge is 0.331 e. The minimum Gasteiger partial charge on any atom is -0.492 e. The van der Waals surface area contributed by atoms with Crippen molar-refractivity contribution in [1.29, 1.82) is 0 Å². The lowest BCUT2D eigenvalue weighted by molar-refractivity contribution is -0.145. The molecule has 1 fully saturated rings. The number of amides is 7. The van der Waals surface area contributed by atoms with Gasteiger partial charge in [-0.05, 0) is 113 Å². The fraction of sp³-hybridized carbons (Fsp3) is 0.416. The normalized spacial score (nSPS) is 18.2. The van der Waals surface area contributed by atoms with Gasteiger partial charge in [0.1, 0.15) is 36.3 Å². The number of aromatic nitrogens is 7. The molecule has 0 bridgehead atoms. The van der Waals surface area contributed by atoms with Crippen molar-refractivity contribution < 1.29 is 108 Å². The number of aliphatic hydroxyl groups excluding tert-OH is 1. The summed E-state index contributed by atoms with van der Waals surface area (Å²) in [6, 6.07) is 1.50. The fourth-order valence-electron chi connectivity index (χ4n) is 12.2. The Hall–Kier alpha value is -13.1. The highest BCUT2D eigenvalue weighted by molar-refractivity contribution is 5.99. The highest BCUT2D eigenvalue weighted by atomic mass is 16.5. The van der Waals surface area contributed by atoms with E-state index in [0.29, 0.717) is 29.2 Å². The summed E-state index contributed by atoms with van der Waals surface area (Å²) in [5.74, 6) is -16.6. The third-order valence-electron chi connectivity index (χ3n) is 18.2. The number of benzene rings is 2. The van der Waals surface area contributed by atoms with Gasteiger partial charge in [0.25, 0.3) is 11.8 Å². The number of rotatable bonds is 43. The van der Waals surface area contributed by atoms with E-state index in [2.05, 4.69) is 75.1 Å². The molecule has 5 aromatic rings. The van der Waals surface area contributed by atoms with Gasteiger partial charge in [0.2, 0.25) is 41.4 Å². The first-order valence-electron chi connectivity index (χ1n) is 36.8. The molecule has 1 saturated heterocycles.